The van der Waals surface area contributed by atoms with E-state index in [1.807, 2.05) is 0 Å². The van der Waals surface area contributed by atoms with Crippen molar-refractivity contribution in [3.8, 4) is 0 Å². The highest BCUT2D eigenvalue weighted by Crippen LogP contribution is 2.40. The first-order valence-electron chi connectivity index (χ1n) is 11.0. The van der Waals surface area contributed by atoms with Crippen LogP contribution in [0.25, 0.3) is 0 Å². The Hall–Kier alpha value is -2.52. The smallest absolute Gasteiger partial charge is 0.253 e. The van der Waals surface area contributed by atoms with Gasteiger partial charge in [-0.15, -0.1) is 0 Å². The van der Waals surface area contributed by atoms with Crippen LogP contribution < -0.4 is 21.3 Å². The van der Waals surface area contributed by atoms with E-state index in [0.29, 0.717) is 30.7 Å². The first-order chi connectivity index (χ1) is 14.9. The quantitative estimate of drug-likeness (QED) is 0.539. The first-order valence-corrected chi connectivity index (χ1v) is 11.0. The van der Waals surface area contributed by atoms with E-state index < -0.39 is 23.7 Å². The number of carbonyl (C=O) groups is 3. The zero-order valence-electron chi connectivity index (χ0n) is 17.4. The molecule has 2 saturated carbocycles. The third-order valence-corrected chi connectivity index (χ3v) is 6.73. The fourth-order valence-corrected chi connectivity index (χ4v) is 4.50. The molecule has 0 radical (unpaired) electrons. The van der Waals surface area contributed by atoms with Crippen molar-refractivity contribution >= 4 is 29.1 Å². The Morgan fingerprint density at radius 3 is 2.35 bits per heavy atom. The fourth-order valence-electron chi connectivity index (χ4n) is 4.50. The van der Waals surface area contributed by atoms with Crippen LogP contribution in [0.15, 0.2) is 18.2 Å². The van der Waals surface area contributed by atoms with E-state index in [1.165, 1.54) is 17.0 Å². The van der Waals surface area contributed by atoms with Crippen LogP contribution >= 0.6 is 0 Å². The lowest BCUT2D eigenvalue weighted by atomic mass is 9.68. The fraction of sp³-hybridized carbons (Fsp3) is 0.591. The van der Waals surface area contributed by atoms with Gasteiger partial charge in [0.25, 0.3) is 11.8 Å². The van der Waals surface area contributed by atoms with E-state index in [0.717, 1.165) is 38.5 Å². The Morgan fingerprint density at radius 1 is 1.16 bits per heavy atom. The number of rotatable bonds is 8. The van der Waals surface area contributed by atoms with E-state index in [4.69, 9.17) is 10.5 Å². The minimum absolute atomic E-state index is 0.0464. The summed E-state index contributed by atoms with van der Waals surface area (Å²) in [4.78, 5) is 38.3. The maximum absolute atomic E-state index is 14.7. The monoisotopic (exact) mass is 432 g/mol. The highest BCUT2D eigenvalue weighted by molar-refractivity contribution is 6.09. The molecule has 9 heteroatoms. The summed E-state index contributed by atoms with van der Waals surface area (Å²) < 4.78 is 19.8. The highest BCUT2D eigenvalue weighted by Gasteiger charge is 2.39. The Balaban J connectivity index is 1.44. The van der Waals surface area contributed by atoms with Gasteiger partial charge in [0.15, 0.2) is 6.04 Å². The van der Waals surface area contributed by atoms with E-state index in [2.05, 4.69) is 10.6 Å². The van der Waals surface area contributed by atoms with Crippen LogP contribution in [0.5, 0.6) is 0 Å². The van der Waals surface area contributed by atoms with E-state index in [1.54, 1.807) is 6.07 Å². The van der Waals surface area contributed by atoms with E-state index >= 15 is 0 Å². The lowest BCUT2D eigenvalue weighted by Crippen LogP contribution is -2.58. The summed E-state index contributed by atoms with van der Waals surface area (Å²) in [6.07, 6.45) is 6.64. The van der Waals surface area contributed by atoms with Gasteiger partial charge in [0.05, 0.1) is 12.3 Å². The number of primary amides is 1. The molecule has 1 saturated heterocycles. The van der Waals surface area contributed by atoms with Crippen molar-refractivity contribution in [2.75, 3.05) is 30.0 Å². The van der Waals surface area contributed by atoms with Crippen molar-refractivity contribution in [1.82, 2.24) is 5.32 Å². The Labute approximate surface area is 180 Å². The van der Waals surface area contributed by atoms with Crippen LogP contribution in [0.2, 0.25) is 0 Å². The van der Waals surface area contributed by atoms with Crippen LogP contribution in [0.3, 0.4) is 0 Å². The summed E-state index contributed by atoms with van der Waals surface area (Å²) in [5, 5.41) is 5.67. The molecule has 3 fully saturated rings. The molecule has 0 bridgehead atoms. The number of morpholine rings is 1. The zero-order valence-corrected chi connectivity index (χ0v) is 17.4. The van der Waals surface area contributed by atoms with Gasteiger partial charge in [-0.3, -0.25) is 19.7 Å². The predicted molar refractivity (Wildman–Crippen MR) is 113 cm³/mol. The van der Waals surface area contributed by atoms with Gasteiger partial charge in [0, 0.05) is 18.3 Å². The van der Waals surface area contributed by atoms with Crippen molar-refractivity contribution < 1.29 is 23.5 Å². The zero-order chi connectivity index (χ0) is 22.0. The molecule has 4 rings (SSSR count). The Bertz CT molecular complexity index is 842. The summed E-state index contributed by atoms with van der Waals surface area (Å²) in [5.41, 5.74) is 5.85. The van der Waals surface area contributed by atoms with Crippen molar-refractivity contribution in [3.63, 3.8) is 0 Å². The van der Waals surface area contributed by atoms with Crippen LogP contribution in [-0.4, -0.2) is 49.6 Å². The molecule has 0 spiro atoms. The summed E-state index contributed by atoms with van der Waals surface area (Å²) in [5.74, 6) is -1.51. The molecule has 1 atom stereocenters. The summed E-state index contributed by atoms with van der Waals surface area (Å²) in [6, 6.07) is 2.98. The number of amides is 3. The summed E-state index contributed by atoms with van der Waals surface area (Å²) in [7, 11) is 0. The number of nitrogens with one attached hydrogen (secondary N) is 2. The number of carbonyl (C=O) groups excluding carboxylic acids is 3. The second-order valence-electron chi connectivity index (χ2n) is 8.66. The number of nitrogens with zero attached hydrogens (tertiary/aromatic N) is 1. The molecular weight excluding hydrogens is 403 g/mol. The third-order valence-electron chi connectivity index (χ3n) is 6.73. The van der Waals surface area contributed by atoms with Crippen molar-refractivity contribution in [2.24, 2.45) is 17.6 Å². The van der Waals surface area contributed by atoms with Crippen molar-refractivity contribution in [1.29, 1.82) is 0 Å². The molecule has 2 aliphatic carbocycles. The second-order valence-corrected chi connectivity index (χ2v) is 8.66. The molecule has 168 valence electrons. The Kier molecular flexibility index (Phi) is 6.52. The molecule has 4 N–H and O–H groups in total. The van der Waals surface area contributed by atoms with Crippen LogP contribution in [0, 0.1) is 17.7 Å². The minimum atomic E-state index is -1.23. The van der Waals surface area contributed by atoms with Gasteiger partial charge in [-0.2, -0.15) is 0 Å². The molecular formula is C22H29FN4O4. The third kappa shape index (κ3) is 4.72. The topological polar surface area (TPSA) is 114 Å². The molecule has 1 heterocycles. The van der Waals surface area contributed by atoms with Crippen LogP contribution in [0.4, 0.5) is 15.8 Å². The average Bonchev–Trinajstić information content (AvgIpc) is 2.64. The molecule has 1 aromatic rings. The summed E-state index contributed by atoms with van der Waals surface area (Å²) >= 11 is 0. The molecule has 31 heavy (non-hydrogen) atoms. The molecule has 3 aliphatic rings. The number of halogens is 1. The van der Waals surface area contributed by atoms with Gasteiger partial charge in [-0.25, -0.2) is 4.39 Å². The maximum Gasteiger partial charge on any atom is 0.253 e. The molecule has 0 unspecified atom stereocenters. The number of hydrogen-bond donors (Lipinski definition) is 3. The van der Waals surface area contributed by atoms with Gasteiger partial charge >= 0.3 is 0 Å². The standard InChI is InChI=1S/C22H29FN4O4/c23-16-11-15(27-9-10-31-12-18(27)28)7-8-17(16)25-22(30)20(21(24)29)26-19(13-3-1-4-13)14-5-2-6-14/h7-8,11,13-14,19-20,26H,1-6,9-10,12H2,(H2,24,29)(H,25,30)/t20-/m0/s1. The minimum Gasteiger partial charge on any atom is -0.370 e. The van der Waals surface area contributed by atoms with Gasteiger partial charge in [0.1, 0.15) is 12.4 Å². The highest BCUT2D eigenvalue weighted by atomic mass is 19.1. The number of nitrogens with two attached hydrogens (primary N) is 1. The molecule has 3 amide bonds. The maximum atomic E-state index is 14.7. The lowest BCUT2D eigenvalue weighted by Gasteiger charge is -2.44. The van der Waals surface area contributed by atoms with E-state index in [9.17, 15) is 18.8 Å². The van der Waals surface area contributed by atoms with Gasteiger partial charge in [0.2, 0.25) is 5.91 Å². The van der Waals surface area contributed by atoms with Gasteiger partial charge in [-0.05, 0) is 55.7 Å². The molecule has 0 aromatic heterocycles. The van der Waals surface area contributed by atoms with Crippen LogP contribution in [0.1, 0.15) is 38.5 Å². The number of hydrogen-bond acceptors (Lipinski definition) is 5. The first kappa shape index (κ1) is 21.7. The van der Waals surface area contributed by atoms with E-state index in [-0.39, 0.29) is 24.2 Å². The number of ether oxygens (including phenoxy) is 1. The molecule has 1 aliphatic heterocycles. The molecule has 8 nitrogen and oxygen atoms in total. The van der Waals surface area contributed by atoms with Crippen LogP contribution in [-0.2, 0) is 19.1 Å². The molecule has 1 aromatic carbocycles. The number of anilines is 2. The second kappa shape index (κ2) is 9.32. The average molecular weight is 432 g/mol. The summed E-state index contributed by atoms with van der Waals surface area (Å²) in [6.45, 7) is 0.664. The number of benzene rings is 1. The van der Waals surface area contributed by atoms with Gasteiger partial charge < -0.3 is 20.7 Å². The largest absolute Gasteiger partial charge is 0.370 e. The van der Waals surface area contributed by atoms with Gasteiger partial charge in [-0.1, -0.05) is 12.8 Å². The lowest BCUT2D eigenvalue weighted by molar-refractivity contribution is -0.129. The predicted octanol–water partition coefficient (Wildman–Crippen LogP) is 1.54. The van der Waals surface area contributed by atoms with Crippen molar-refractivity contribution in [3.05, 3.63) is 24.0 Å². The van der Waals surface area contributed by atoms with Crippen molar-refractivity contribution in [2.45, 2.75) is 50.6 Å². The normalized spacial score (nSPS) is 20.8. The Morgan fingerprint density at radius 2 is 1.84 bits per heavy atom. The SMILES string of the molecule is NC(=O)[C@H](NC(C1CCC1)C1CCC1)C(=O)Nc1ccc(N2CCOCC2=O)cc1F.